The van der Waals surface area contributed by atoms with Gasteiger partial charge in [-0.1, -0.05) is 27.7 Å². The molecule has 0 atom stereocenters. The Kier molecular flexibility index (Phi) is 5.63. The fourth-order valence-corrected chi connectivity index (χ4v) is 2.90. The summed E-state index contributed by atoms with van der Waals surface area (Å²) in [6, 6.07) is 2.92. The molecule has 0 aliphatic heterocycles. The van der Waals surface area contributed by atoms with Crippen LogP contribution in [0, 0.1) is 24.7 Å². The van der Waals surface area contributed by atoms with Crippen molar-refractivity contribution in [1.29, 1.82) is 0 Å². The first kappa shape index (κ1) is 16.3. The number of aryl methyl sites for hydroxylation is 1. The number of anilines is 1. The second kappa shape index (κ2) is 7.26. The van der Waals surface area contributed by atoms with E-state index < -0.39 is 0 Å². The molecule has 0 bridgehead atoms. The molecule has 0 saturated heterocycles. The molecule has 0 spiro atoms. The number of pyridine rings is 1. The first-order valence-corrected chi connectivity index (χ1v) is 8.40. The van der Waals surface area contributed by atoms with Crippen molar-refractivity contribution >= 4 is 5.69 Å². The maximum absolute atomic E-state index is 4.46. The molecule has 3 heteroatoms. The smallest absolute Gasteiger partial charge is 0.0419 e. The molecule has 2 rings (SSSR count). The second-order valence-corrected chi connectivity index (χ2v) is 7.17. The predicted molar refractivity (Wildman–Crippen MR) is 90.5 cm³/mol. The quantitative estimate of drug-likeness (QED) is 0.760. The van der Waals surface area contributed by atoms with Crippen molar-refractivity contribution in [3.63, 3.8) is 0 Å². The highest BCUT2D eigenvalue weighted by Gasteiger charge is 2.21. The molecule has 1 fully saturated rings. The van der Waals surface area contributed by atoms with Crippen LogP contribution in [-0.4, -0.2) is 17.6 Å². The average molecular weight is 289 g/mol. The zero-order chi connectivity index (χ0) is 15.4. The van der Waals surface area contributed by atoms with Crippen molar-refractivity contribution in [2.45, 2.75) is 60.0 Å². The fraction of sp³-hybridized carbons (Fsp3) is 0.722. The number of hydrogen-bond acceptors (Lipinski definition) is 3. The number of nitrogens with zero attached hydrogens (tertiary/aromatic N) is 1. The van der Waals surface area contributed by atoms with Crippen LogP contribution in [0.5, 0.6) is 0 Å². The largest absolute Gasteiger partial charge is 0.384 e. The third-order valence-corrected chi connectivity index (χ3v) is 4.52. The molecule has 1 aromatic rings. The topological polar surface area (TPSA) is 37.0 Å². The van der Waals surface area contributed by atoms with E-state index in [4.69, 9.17) is 0 Å². The van der Waals surface area contributed by atoms with Crippen LogP contribution >= 0.6 is 0 Å². The lowest BCUT2D eigenvalue weighted by molar-refractivity contribution is 0.304. The summed E-state index contributed by atoms with van der Waals surface area (Å²) in [4.78, 5) is 4.46. The molecule has 1 saturated carbocycles. The maximum Gasteiger partial charge on any atom is 0.0419 e. The molecular weight excluding hydrogens is 258 g/mol. The summed E-state index contributed by atoms with van der Waals surface area (Å²) in [5.74, 6) is 2.10. The van der Waals surface area contributed by atoms with Crippen molar-refractivity contribution in [2.75, 3.05) is 11.9 Å². The Morgan fingerprint density at radius 2 is 1.86 bits per heavy atom. The van der Waals surface area contributed by atoms with Gasteiger partial charge in [0.05, 0.1) is 0 Å². The zero-order valence-corrected chi connectivity index (χ0v) is 14.2. The highest BCUT2D eigenvalue weighted by molar-refractivity contribution is 5.51. The van der Waals surface area contributed by atoms with Crippen molar-refractivity contribution in [3.8, 4) is 0 Å². The lowest BCUT2D eigenvalue weighted by Crippen LogP contribution is -2.25. The van der Waals surface area contributed by atoms with E-state index in [9.17, 15) is 0 Å². The van der Waals surface area contributed by atoms with Gasteiger partial charge < -0.3 is 10.6 Å². The van der Waals surface area contributed by atoms with Gasteiger partial charge in [-0.25, -0.2) is 0 Å². The Morgan fingerprint density at radius 3 is 2.43 bits per heavy atom. The molecule has 118 valence electrons. The monoisotopic (exact) mass is 289 g/mol. The van der Waals surface area contributed by atoms with Gasteiger partial charge in [0.15, 0.2) is 0 Å². The van der Waals surface area contributed by atoms with Gasteiger partial charge in [0.2, 0.25) is 0 Å². The molecule has 1 heterocycles. The Bertz CT molecular complexity index is 442. The van der Waals surface area contributed by atoms with Crippen molar-refractivity contribution in [3.05, 3.63) is 23.5 Å². The normalized spacial score (nSPS) is 15.2. The standard InChI is InChI=1S/C18H31N3/c1-12(2)17(13(3)4)11-21-18-8-14(5)19-9-15(18)10-20-16-6-7-16/h8-9,12-13,16-17,20H,6-7,10-11H2,1-5H3,(H,19,21). The lowest BCUT2D eigenvalue weighted by atomic mass is 9.85. The van der Waals surface area contributed by atoms with Crippen LogP contribution in [0.3, 0.4) is 0 Å². The van der Waals surface area contributed by atoms with E-state index in [1.807, 2.05) is 6.20 Å². The van der Waals surface area contributed by atoms with Crippen LogP contribution < -0.4 is 10.6 Å². The molecule has 3 nitrogen and oxygen atoms in total. The van der Waals surface area contributed by atoms with Crippen molar-refractivity contribution in [2.24, 2.45) is 17.8 Å². The Balaban J connectivity index is 2.00. The average Bonchev–Trinajstić information content (AvgIpc) is 3.21. The van der Waals surface area contributed by atoms with Crippen molar-refractivity contribution in [1.82, 2.24) is 10.3 Å². The molecule has 1 aliphatic rings. The van der Waals surface area contributed by atoms with E-state index in [0.717, 1.165) is 24.8 Å². The van der Waals surface area contributed by atoms with Crippen LogP contribution in [0.2, 0.25) is 0 Å². The van der Waals surface area contributed by atoms with Gasteiger partial charge in [-0.2, -0.15) is 0 Å². The molecule has 0 aromatic carbocycles. The van der Waals surface area contributed by atoms with E-state index >= 15 is 0 Å². The number of nitrogens with one attached hydrogen (secondary N) is 2. The summed E-state index contributed by atoms with van der Waals surface area (Å²) in [5, 5.41) is 7.27. The van der Waals surface area contributed by atoms with E-state index in [2.05, 4.69) is 56.3 Å². The van der Waals surface area contributed by atoms with E-state index in [-0.39, 0.29) is 0 Å². The van der Waals surface area contributed by atoms with Crippen LogP contribution in [-0.2, 0) is 6.54 Å². The zero-order valence-electron chi connectivity index (χ0n) is 14.2. The fourth-order valence-electron chi connectivity index (χ4n) is 2.90. The van der Waals surface area contributed by atoms with Crippen LogP contribution in [0.15, 0.2) is 12.3 Å². The molecule has 0 unspecified atom stereocenters. The third kappa shape index (κ3) is 4.99. The van der Waals surface area contributed by atoms with Gasteiger partial charge in [0.25, 0.3) is 0 Å². The molecular formula is C18H31N3. The predicted octanol–water partition coefficient (Wildman–Crippen LogP) is 3.98. The van der Waals surface area contributed by atoms with E-state index in [1.165, 1.54) is 24.1 Å². The van der Waals surface area contributed by atoms with Crippen LogP contribution in [0.25, 0.3) is 0 Å². The first-order valence-electron chi connectivity index (χ1n) is 8.40. The number of hydrogen-bond donors (Lipinski definition) is 2. The minimum Gasteiger partial charge on any atom is -0.384 e. The Labute approximate surface area is 129 Å². The van der Waals surface area contributed by atoms with Gasteiger partial charge in [-0.15, -0.1) is 0 Å². The maximum atomic E-state index is 4.46. The summed E-state index contributed by atoms with van der Waals surface area (Å²) in [6.07, 6.45) is 4.67. The molecule has 0 amide bonds. The molecule has 2 N–H and O–H groups in total. The summed E-state index contributed by atoms with van der Waals surface area (Å²) in [5.41, 5.74) is 3.62. The van der Waals surface area contributed by atoms with Gasteiger partial charge in [-0.05, 0) is 43.6 Å². The SMILES string of the molecule is Cc1cc(NCC(C(C)C)C(C)C)c(CNC2CC2)cn1. The highest BCUT2D eigenvalue weighted by Crippen LogP contribution is 2.24. The molecule has 21 heavy (non-hydrogen) atoms. The van der Waals surface area contributed by atoms with E-state index in [0.29, 0.717) is 17.8 Å². The number of rotatable bonds is 8. The summed E-state index contributed by atoms with van der Waals surface area (Å²) in [7, 11) is 0. The van der Waals surface area contributed by atoms with Gasteiger partial charge in [0, 0.05) is 42.3 Å². The van der Waals surface area contributed by atoms with Gasteiger partial charge >= 0.3 is 0 Å². The second-order valence-electron chi connectivity index (χ2n) is 7.17. The Hall–Kier alpha value is -1.09. The minimum atomic E-state index is 0.697. The lowest BCUT2D eigenvalue weighted by Gasteiger charge is -2.26. The summed E-state index contributed by atoms with van der Waals surface area (Å²) in [6.45, 7) is 13.3. The summed E-state index contributed by atoms with van der Waals surface area (Å²) >= 11 is 0. The van der Waals surface area contributed by atoms with Gasteiger partial charge in [0.1, 0.15) is 0 Å². The van der Waals surface area contributed by atoms with Gasteiger partial charge in [-0.3, -0.25) is 4.98 Å². The highest BCUT2D eigenvalue weighted by atomic mass is 15.0. The van der Waals surface area contributed by atoms with Crippen LogP contribution in [0.1, 0.15) is 51.8 Å². The van der Waals surface area contributed by atoms with Crippen LogP contribution in [0.4, 0.5) is 5.69 Å². The molecule has 1 aliphatic carbocycles. The minimum absolute atomic E-state index is 0.697. The molecule has 0 radical (unpaired) electrons. The Morgan fingerprint density at radius 1 is 1.19 bits per heavy atom. The third-order valence-electron chi connectivity index (χ3n) is 4.52. The van der Waals surface area contributed by atoms with Crippen molar-refractivity contribution < 1.29 is 0 Å². The number of aromatic nitrogens is 1. The first-order chi connectivity index (χ1) is 9.97. The molecule has 1 aromatic heterocycles. The van der Waals surface area contributed by atoms with E-state index in [1.54, 1.807) is 0 Å². The summed E-state index contributed by atoms with van der Waals surface area (Å²) < 4.78 is 0.